The van der Waals surface area contributed by atoms with Crippen LogP contribution >= 0.6 is 12.2 Å². The molecule has 0 saturated carbocycles. The Bertz CT molecular complexity index is 535. The van der Waals surface area contributed by atoms with Crippen LogP contribution in [0.25, 0.3) is 5.57 Å². The second-order valence-electron chi connectivity index (χ2n) is 5.04. The van der Waals surface area contributed by atoms with E-state index in [2.05, 4.69) is 26.8 Å². The maximum absolute atomic E-state index is 5.88. The summed E-state index contributed by atoms with van der Waals surface area (Å²) in [6.07, 6.45) is 2.18. The summed E-state index contributed by atoms with van der Waals surface area (Å²) in [6.45, 7) is 6.29. The molecule has 1 heterocycles. The number of benzene rings is 1. The molecule has 0 spiro atoms. The standard InChI is InChI=1S/C14H18N2OS/c1-9-8-14(2,3)16(13(15)18)12-7-10(17-4)5-6-11(9)12/h5-8H,1-4H3,(H2,15,18). The number of anilines is 1. The zero-order valence-electron chi connectivity index (χ0n) is 11.2. The molecule has 0 radical (unpaired) electrons. The summed E-state index contributed by atoms with van der Waals surface area (Å²) in [5, 5.41) is 0.373. The molecule has 0 saturated heterocycles. The molecule has 2 N–H and O–H groups in total. The van der Waals surface area contributed by atoms with E-state index in [1.54, 1.807) is 7.11 Å². The number of rotatable bonds is 1. The van der Waals surface area contributed by atoms with Crippen molar-refractivity contribution in [1.29, 1.82) is 0 Å². The lowest BCUT2D eigenvalue weighted by molar-refractivity contribution is 0.414. The van der Waals surface area contributed by atoms with Crippen molar-refractivity contribution >= 4 is 28.6 Å². The average molecular weight is 262 g/mol. The Hall–Kier alpha value is -1.55. The maximum atomic E-state index is 5.88. The third-order valence-corrected chi connectivity index (χ3v) is 3.42. The fourth-order valence-electron chi connectivity index (χ4n) is 2.54. The van der Waals surface area contributed by atoms with Crippen LogP contribution in [0, 0.1) is 0 Å². The first-order valence-electron chi connectivity index (χ1n) is 5.84. The van der Waals surface area contributed by atoms with E-state index >= 15 is 0 Å². The van der Waals surface area contributed by atoms with Crippen LogP contribution in [0.5, 0.6) is 5.75 Å². The highest BCUT2D eigenvalue weighted by Gasteiger charge is 2.33. The minimum absolute atomic E-state index is 0.227. The van der Waals surface area contributed by atoms with Crippen LogP contribution in [0.2, 0.25) is 0 Å². The lowest BCUT2D eigenvalue weighted by Gasteiger charge is -2.42. The van der Waals surface area contributed by atoms with Gasteiger partial charge in [0.05, 0.1) is 18.3 Å². The summed E-state index contributed by atoms with van der Waals surface area (Å²) in [4.78, 5) is 1.97. The summed E-state index contributed by atoms with van der Waals surface area (Å²) in [5.74, 6) is 0.806. The first kappa shape index (κ1) is 12.9. The number of thiocarbonyl (C=S) groups is 1. The SMILES string of the molecule is COc1ccc2c(c1)N(C(N)=S)C(C)(C)C=C2C. The number of methoxy groups -OCH3 is 1. The van der Waals surface area contributed by atoms with Crippen LogP contribution in [-0.4, -0.2) is 17.8 Å². The fourth-order valence-corrected chi connectivity index (χ4v) is 2.88. The Morgan fingerprint density at radius 3 is 2.61 bits per heavy atom. The van der Waals surface area contributed by atoms with Crippen molar-refractivity contribution in [1.82, 2.24) is 0 Å². The van der Waals surface area contributed by atoms with Gasteiger partial charge in [-0.15, -0.1) is 0 Å². The van der Waals surface area contributed by atoms with Crippen molar-refractivity contribution in [3.63, 3.8) is 0 Å². The maximum Gasteiger partial charge on any atom is 0.171 e. The molecule has 1 aromatic rings. The van der Waals surface area contributed by atoms with Gasteiger partial charge in [0.2, 0.25) is 0 Å². The van der Waals surface area contributed by atoms with Crippen molar-refractivity contribution in [2.75, 3.05) is 12.0 Å². The van der Waals surface area contributed by atoms with Gasteiger partial charge in [0.1, 0.15) is 5.75 Å². The van der Waals surface area contributed by atoms with Gasteiger partial charge in [-0.2, -0.15) is 0 Å². The van der Waals surface area contributed by atoms with Gasteiger partial charge in [0, 0.05) is 11.6 Å². The number of nitrogens with two attached hydrogens (primary N) is 1. The molecule has 1 aliphatic rings. The molecule has 0 bridgehead atoms. The number of hydrogen-bond acceptors (Lipinski definition) is 2. The van der Waals surface area contributed by atoms with Gasteiger partial charge < -0.3 is 15.4 Å². The minimum Gasteiger partial charge on any atom is -0.497 e. The molecular weight excluding hydrogens is 244 g/mol. The second-order valence-corrected chi connectivity index (χ2v) is 5.46. The normalized spacial score (nSPS) is 16.9. The van der Waals surface area contributed by atoms with E-state index in [1.807, 2.05) is 23.1 Å². The van der Waals surface area contributed by atoms with E-state index in [4.69, 9.17) is 22.7 Å². The Morgan fingerprint density at radius 1 is 1.39 bits per heavy atom. The number of hydrogen-bond donors (Lipinski definition) is 1. The Kier molecular flexibility index (Phi) is 3.07. The summed E-state index contributed by atoms with van der Waals surface area (Å²) in [6, 6.07) is 5.97. The molecule has 0 aromatic heterocycles. The smallest absolute Gasteiger partial charge is 0.171 e. The van der Waals surface area contributed by atoms with Gasteiger partial charge in [-0.05, 0) is 50.7 Å². The van der Waals surface area contributed by atoms with E-state index in [9.17, 15) is 0 Å². The van der Waals surface area contributed by atoms with Gasteiger partial charge in [-0.1, -0.05) is 6.08 Å². The highest BCUT2D eigenvalue weighted by Crippen LogP contribution is 2.40. The van der Waals surface area contributed by atoms with Crippen LogP contribution in [-0.2, 0) is 0 Å². The van der Waals surface area contributed by atoms with Crippen LogP contribution in [0.1, 0.15) is 26.3 Å². The van der Waals surface area contributed by atoms with E-state index in [1.165, 1.54) is 5.57 Å². The van der Waals surface area contributed by atoms with E-state index < -0.39 is 0 Å². The molecule has 96 valence electrons. The van der Waals surface area contributed by atoms with Gasteiger partial charge in [-0.25, -0.2) is 0 Å². The molecule has 0 atom stereocenters. The summed E-state index contributed by atoms with van der Waals surface area (Å²) in [5.41, 5.74) is 9.03. The lowest BCUT2D eigenvalue weighted by atomic mass is 9.89. The Morgan fingerprint density at radius 2 is 2.06 bits per heavy atom. The molecule has 18 heavy (non-hydrogen) atoms. The average Bonchev–Trinajstić information content (AvgIpc) is 2.26. The van der Waals surface area contributed by atoms with Crippen LogP contribution in [0.4, 0.5) is 5.69 Å². The largest absolute Gasteiger partial charge is 0.497 e. The summed E-state index contributed by atoms with van der Waals surface area (Å²) in [7, 11) is 1.66. The molecule has 1 aromatic carbocycles. The number of allylic oxidation sites excluding steroid dienone is 1. The van der Waals surface area contributed by atoms with Crippen molar-refractivity contribution in [3.05, 3.63) is 29.8 Å². The van der Waals surface area contributed by atoms with E-state index in [0.717, 1.165) is 17.0 Å². The van der Waals surface area contributed by atoms with Crippen molar-refractivity contribution in [2.24, 2.45) is 5.73 Å². The van der Waals surface area contributed by atoms with Crippen LogP contribution < -0.4 is 15.4 Å². The molecular formula is C14H18N2OS. The third-order valence-electron chi connectivity index (χ3n) is 3.24. The third kappa shape index (κ3) is 1.97. The molecule has 0 fully saturated rings. The molecule has 4 heteroatoms. The highest BCUT2D eigenvalue weighted by atomic mass is 32.1. The fraction of sp³-hybridized carbons (Fsp3) is 0.357. The predicted molar refractivity (Wildman–Crippen MR) is 80.0 cm³/mol. The predicted octanol–water partition coefficient (Wildman–Crippen LogP) is 2.94. The molecule has 3 nitrogen and oxygen atoms in total. The summed E-state index contributed by atoms with van der Waals surface area (Å²) >= 11 is 5.19. The lowest BCUT2D eigenvalue weighted by Crippen LogP contribution is -2.51. The monoisotopic (exact) mass is 262 g/mol. The van der Waals surface area contributed by atoms with Crippen LogP contribution in [0.3, 0.4) is 0 Å². The van der Waals surface area contributed by atoms with E-state index in [0.29, 0.717) is 5.11 Å². The van der Waals surface area contributed by atoms with E-state index in [-0.39, 0.29) is 5.54 Å². The molecule has 2 rings (SSSR count). The van der Waals surface area contributed by atoms with Crippen molar-refractivity contribution in [3.8, 4) is 5.75 Å². The molecule has 1 aliphatic heterocycles. The number of nitrogens with zero attached hydrogens (tertiary/aromatic N) is 1. The first-order valence-corrected chi connectivity index (χ1v) is 6.25. The topological polar surface area (TPSA) is 38.5 Å². The first-order chi connectivity index (χ1) is 8.36. The zero-order valence-corrected chi connectivity index (χ0v) is 12.0. The van der Waals surface area contributed by atoms with Crippen molar-refractivity contribution in [2.45, 2.75) is 26.3 Å². The van der Waals surface area contributed by atoms with Gasteiger partial charge >= 0.3 is 0 Å². The molecule has 0 unspecified atom stereocenters. The summed E-state index contributed by atoms with van der Waals surface area (Å²) < 4.78 is 5.28. The van der Waals surface area contributed by atoms with Gasteiger partial charge in [0.25, 0.3) is 0 Å². The minimum atomic E-state index is -0.227. The highest BCUT2D eigenvalue weighted by molar-refractivity contribution is 7.80. The quantitative estimate of drug-likeness (QED) is 0.790. The Labute approximate surface area is 113 Å². The van der Waals surface area contributed by atoms with Gasteiger partial charge in [0.15, 0.2) is 5.11 Å². The number of ether oxygens (including phenoxy) is 1. The van der Waals surface area contributed by atoms with Gasteiger partial charge in [-0.3, -0.25) is 0 Å². The molecule has 0 amide bonds. The second kappa shape index (κ2) is 4.28. The van der Waals surface area contributed by atoms with Crippen molar-refractivity contribution < 1.29 is 4.74 Å². The number of fused-ring (bicyclic) bond motifs is 1. The molecule has 0 aliphatic carbocycles. The van der Waals surface area contributed by atoms with Crippen LogP contribution in [0.15, 0.2) is 24.3 Å². The zero-order chi connectivity index (χ0) is 13.5. The Balaban J connectivity index is 2.67.